The third-order valence-electron chi connectivity index (χ3n) is 2.49. The number of hydrogen-bond acceptors (Lipinski definition) is 1. The molecule has 0 aliphatic heterocycles. The Morgan fingerprint density at radius 3 is 2.13 bits per heavy atom. The first kappa shape index (κ1) is 12.0. The van der Waals surface area contributed by atoms with E-state index in [-0.39, 0.29) is 17.9 Å². The molecule has 0 saturated carbocycles. The predicted octanol–water partition coefficient (Wildman–Crippen LogP) is 3.46. The molecule has 0 amide bonds. The van der Waals surface area contributed by atoms with E-state index in [2.05, 4.69) is 42.5 Å². The Morgan fingerprint density at radius 2 is 1.53 bits per heavy atom. The van der Waals surface area contributed by atoms with E-state index >= 15 is 0 Å². The van der Waals surface area contributed by atoms with Gasteiger partial charge in [-0.1, -0.05) is 36.4 Å². The van der Waals surface area contributed by atoms with Crippen molar-refractivity contribution in [2.45, 2.75) is 19.4 Å². The number of rotatable bonds is 1. The molecule has 0 aliphatic carbocycles. The van der Waals surface area contributed by atoms with Gasteiger partial charge in [0.25, 0.3) is 0 Å². The number of hydrogen-bond donors (Lipinski definition) is 1. The highest BCUT2D eigenvalue weighted by molar-refractivity contribution is 5.85. The van der Waals surface area contributed by atoms with Gasteiger partial charge in [0, 0.05) is 5.54 Å². The van der Waals surface area contributed by atoms with E-state index in [1.807, 2.05) is 13.8 Å². The second-order valence-corrected chi connectivity index (χ2v) is 4.28. The van der Waals surface area contributed by atoms with Crippen molar-refractivity contribution < 1.29 is 0 Å². The third kappa shape index (κ3) is 2.49. The maximum absolute atomic E-state index is 6.05. The van der Waals surface area contributed by atoms with E-state index in [0.29, 0.717) is 0 Å². The molecule has 0 unspecified atom stereocenters. The molecule has 2 aromatic carbocycles. The van der Waals surface area contributed by atoms with Crippen molar-refractivity contribution in [2.24, 2.45) is 5.73 Å². The SMILES string of the molecule is CC(C)(N)c1ccc2ccccc2c1.Cl. The standard InChI is InChI=1S/C13H15N.ClH/c1-13(2,14)12-8-7-10-5-3-4-6-11(10)9-12;/h3-9H,14H2,1-2H3;1H. The minimum absolute atomic E-state index is 0. The molecule has 0 spiro atoms. The van der Waals surface area contributed by atoms with Crippen LogP contribution in [0.4, 0.5) is 0 Å². The molecular formula is C13H16ClN. The Balaban J connectivity index is 0.00000112. The fraction of sp³-hybridized carbons (Fsp3) is 0.231. The summed E-state index contributed by atoms with van der Waals surface area (Å²) in [5.41, 5.74) is 6.96. The second kappa shape index (κ2) is 4.21. The Labute approximate surface area is 96.7 Å². The Hall–Kier alpha value is -1.05. The van der Waals surface area contributed by atoms with E-state index in [1.54, 1.807) is 0 Å². The first-order valence-corrected chi connectivity index (χ1v) is 4.85. The summed E-state index contributed by atoms with van der Waals surface area (Å²) in [5, 5.41) is 2.52. The zero-order valence-corrected chi connectivity index (χ0v) is 9.84. The van der Waals surface area contributed by atoms with Gasteiger partial charge in [-0.3, -0.25) is 0 Å². The Kier molecular flexibility index (Phi) is 3.38. The van der Waals surface area contributed by atoms with Crippen molar-refractivity contribution in [3.8, 4) is 0 Å². The van der Waals surface area contributed by atoms with Crippen LogP contribution in [0.5, 0.6) is 0 Å². The molecule has 0 fully saturated rings. The van der Waals surface area contributed by atoms with Crippen molar-refractivity contribution >= 4 is 23.2 Å². The van der Waals surface area contributed by atoms with Gasteiger partial charge >= 0.3 is 0 Å². The van der Waals surface area contributed by atoms with Gasteiger partial charge in [0.2, 0.25) is 0 Å². The summed E-state index contributed by atoms with van der Waals surface area (Å²) in [6.45, 7) is 4.05. The van der Waals surface area contributed by atoms with E-state index in [9.17, 15) is 0 Å². The molecule has 2 aromatic rings. The lowest BCUT2D eigenvalue weighted by Crippen LogP contribution is -2.28. The Bertz CT molecular complexity index is 457. The lowest BCUT2D eigenvalue weighted by atomic mass is 9.93. The summed E-state index contributed by atoms with van der Waals surface area (Å²) in [4.78, 5) is 0. The van der Waals surface area contributed by atoms with Crippen LogP contribution in [0, 0.1) is 0 Å². The number of benzene rings is 2. The minimum atomic E-state index is -0.260. The smallest absolute Gasteiger partial charge is 0.0352 e. The quantitative estimate of drug-likeness (QED) is 0.784. The largest absolute Gasteiger partial charge is 0.322 e. The summed E-state index contributed by atoms with van der Waals surface area (Å²) < 4.78 is 0. The summed E-state index contributed by atoms with van der Waals surface area (Å²) >= 11 is 0. The lowest BCUT2D eigenvalue weighted by Gasteiger charge is -2.19. The van der Waals surface area contributed by atoms with E-state index in [4.69, 9.17) is 5.73 Å². The van der Waals surface area contributed by atoms with Gasteiger partial charge in [0.1, 0.15) is 0 Å². The van der Waals surface area contributed by atoms with Gasteiger partial charge in [-0.05, 0) is 36.2 Å². The highest BCUT2D eigenvalue weighted by atomic mass is 35.5. The molecule has 0 aliphatic rings. The van der Waals surface area contributed by atoms with E-state index in [1.165, 1.54) is 16.3 Å². The molecule has 0 radical (unpaired) electrons. The van der Waals surface area contributed by atoms with Crippen molar-refractivity contribution in [2.75, 3.05) is 0 Å². The second-order valence-electron chi connectivity index (χ2n) is 4.28. The van der Waals surface area contributed by atoms with Gasteiger partial charge < -0.3 is 5.73 Å². The Morgan fingerprint density at radius 1 is 0.933 bits per heavy atom. The van der Waals surface area contributed by atoms with Crippen LogP contribution in [0.3, 0.4) is 0 Å². The van der Waals surface area contributed by atoms with Crippen LogP contribution in [-0.2, 0) is 5.54 Å². The van der Waals surface area contributed by atoms with Crippen LogP contribution in [0.1, 0.15) is 19.4 Å². The molecule has 15 heavy (non-hydrogen) atoms. The summed E-state index contributed by atoms with van der Waals surface area (Å²) in [6.07, 6.45) is 0. The topological polar surface area (TPSA) is 26.0 Å². The van der Waals surface area contributed by atoms with Gasteiger partial charge in [-0.25, -0.2) is 0 Å². The normalized spacial score (nSPS) is 11.1. The molecule has 0 atom stereocenters. The maximum Gasteiger partial charge on any atom is 0.0352 e. The number of halogens is 1. The number of nitrogens with two attached hydrogens (primary N) is 1. The molecule has 0 saturated heterocycles. The molecule has 2 heteroatoms. The summed E-state index contributed by atoms with van der Waals surface area (Å²) in [6, 6.07) is 14.7. The van der Waals surface area contributed by atoms with Crippen LogP contribution in [-0.4, -0.2) is 0 Å². The fourth-order valence-corrected chi connectivity index (χ4v) is 1.59. The molecule has 2 rings (SSSR count). The molecule has 0 heterocycles. The van der Waals surface area contributed by atoms with Crippen LogP contribution in [0.2, 0.25) is 0 Å². The van der Waals surface area contributed by atoms with Crippen LogP contribution in [0.25, 0.3) is 10.8 Å². The van der Waals surface area contributed by atoms with Crippen molar-refractivity contribution in [1.82, 2.24) is 0 Å². The third-order valence-corrected chi connectivity index (χ3v) is 2.49. The van der Waals surface area contributed by atoms with Crippen molar-refractivity contribution in [3.05, 3.63) is 48.0 Å². The molecule has 2 N–H and O–H groups in total. The summed E-state index contributed by atoms with van der Waals surface area (Å²) in [7, 11) is 0. The zero-order valence-electron chi connectivity index (χ0n) is 9.03. The first-order valence-electron chi connectivity index (χ1n) is 4.85. The van der Waals surface area contributed by atoms with Crippen LogP contribution >= 0.6 is 12.4 Å². The molecular weight excluding hydrogens is 206 g/mol. The first-order chi connectivity index (χ1) is 6.57. The van der Waals surface area contributed by atoms with Crippen molar-refractivity contribution in [1.29, 1.82) is 0 Å². The van der Waals surface area contributed by atoms with Gasteiger partial charge in [0.05, 0.1) is 0 Å². The molecule has 0 bridgehead atoms. The fourth-order valence-electron chi connectivity index (χ4n) is 1.59. The van der Waals surface area contributed by atoms with Crippen LogP contribution in [0.15, 0.2) is 42.5 Å². The van der Waals surface area contributed by atoms with E-state index in [0.717, 1.165) is 0 Å². The lowest BCUT2D eigenvalue weighted by molar-refractivity contribution is 0.555. The summed E-state index contributed by atoms with van der Waals surface area (Å²) in [5.74, 6) is 0. The highest BCUT2D eigenvalue weighted by Crippen LogP contribution is 2.22. The van der Waals surface area contributed by atoms with E-state index < -0.39 is 0 Å². The van der Waals surface area contributed by atoms with Crippen LogP contribution < -0.4 is 5.73 Å². The monoisotopic (exact) mass is 221 g/mol. The average molecular weight is 222 g/mol. The minimum Gasteiger partial charge on any atom is -0.322 e. The number of fused-ring (bicyclic) bond motifs is 1. The molecule has 0 aromatic heterocycles. The highest BCUT2D eigenvalue weighted by Gasteiger charge is 2.13. The predicted molar refractivity (Wildman–Crippen MR) is 68.4 cm³/mol. The molecule has 1 nitrogen and oxygen atoms in total. The van der Waals surface area contributed by atoms with Gasteiger partial charge in [-0.15, -0.1) is 12.4 Å². The molecule has 80 valence electrons. The van der Waals surface area contributed by atoms with Gasteiger partial charge in [-0.2, -0.15) is 0 Å². The zero-order chi connectivity index (χ0) is 10.2. The van der Waals surface area contributed by atoms with Gasteiger partial charge in [0.15, 0.2) is 0 Å². The van der Waals surface area contributed by atoms with Crippen molar-refractivity contribution in [3.63, 3.8) is 0 Å². The maximum atomic E-state index is 6.05. The average Bonchev–Trinajstić information content (AvgIpc) is 2.16.